The standard InChI is InChI=1S/C13H20BrClN2/c1-9(2)8-17(3)13(7-16)10-4-5-11(14)12(15)6-10/h4-6,9,13H,7-8,16H2,1-3H3. The highest BCUT2D eigenvalue weighted by Crippen LogP contribution is 2.28. The normalized spacial score (nSPS) is 13.4. The quantitative estimate of drug-likeness (QED) is 0.897. The predicted molar refractivity (Wildman–Crippen MR) is 78.4 cm³/mol. The first-order valence-corrected chi connectivity index (χ1v) is 6.98. The lowest BCUT2D eigenvalue weighted by molar-refractivity contribution is 0.224. The fourth-order valence-corrected chi connectivity index (χ4v) is 2.43. The van der Waals surface area contributed by atoms with Crippen molar-refractivity contribution in [2.45, 2.75) is 19.9 Å². The van der Waals surface area contributed by atoms with E-state index in [0.717, 1.165) is 16.0 Å². The minimum absolute atomic E-state index is 0.225. The van der Waals surface area contributed by atoms with Gasteiger partial charge in [0, 0.05) is 23.6 Å². The third-order valence-corrected chi connectivity index (χ3v) is 3.97. The average molecular weight is 320 g/mol. The Morgan fingerprint density at radius 3 is 2.53 bits per heavy atom. The second kappa shape index (κ2) is 6.74. The van der Waals surface area contributed by atoms with Crippen molar-refractivity contribution < 1.29 is 0 Å². The van der Waals surface area contributed by atoms with Crippen molar-refractivity contribution in [3.05, 3.63) is 33.3 Å². The number of nitrogens with zero attached hydrogens (tertiary/aromatic N) is 1. The molecule has 0 spiro atoms. The molecule has 1 rings (SSSR count). The third-order valence-electron chi connectivity index (χ3n) is 2.74. The molecule has 0 saturated heterocycles. The van der Waals surface area contributed by atoms with Gasteiger partial charge >= 0.3 is 0 Å². The second-order valence-electron chi connectivity index (χ2n) is 4.76. The number of hydrogen-bond donors (Lipinski definition) is 1. The van der Waals surface area contributed by atoms with Crippen LogP contribution >= 0.6 is 27.5 Å². The van der Waals surface area contributed by atoms with Crippen molar-refractivity contribution in [2.75, 3.05) is 20.1 Å². The molecular formula is C13H20BrClN2. The zero-order valence-corrected chi connectivity index (χ0v) is 12.9. The molecule has 0 aliphatic heterocycles. The molecule has 1 unspecified atom stereocenters. The number of nitrogens with two attached hydrogens (primary N) is 1. The number of rotatable bonds is 5. The summed E-state index contributed by atoms with van der Waals surface area (Å²) in [5.74, 6) is 0.625. The summed E-state index contributed by atoms with van der Waals surface area (Å²) in [6.45, 7) is 6.04. The first-order chi connectivity index (χ1) is 7.95. The Labute approximate surface area is 117 Å². The lowest BCUT2D eigenvalue weighted by atomic mass is 10.0. The monoisotopic (exact) mass is 318 g/mol. The average Bonchev–Trinajstić information content (AvgIpc) is 2.23. The highest BCUT2D eigenvalue weighted by molar-refractivity contribution is 9.10. The number of halogens is 2. The van der Waals surface area contributed by atoms with Crippen LogP contribution in [0.3, 0.4) is 0 Å². The molecule has 0 aliphatic carbocycles. The van der Waals surface area contributed by atoms with Gasteiger partial charge in [0.1, 0.15) is 0 Å². The molecule has 2 N–H and O–H groups in total. The molecule has 0 amide bonds. The van der Waals surface area contributed by atoms with E-state index in [4.69, 9.17) is 17.3 Å². The van der Waals surface area contributed by atoms with Crippen LogP contribution < -0.4 is 5.73 Å². The van der Waals surface area contributed by atoms with E-state index in [1.807, 2.05) is 12.1 Å². The molecular weight excluding hydrogens is 300 g/mol. The zero-order chi connectivity index (χ0) is 13.0. The third kappa shape index (κ3) is 4.25. The summed E-state index contributed by atoms with van der Waals surface area (Å²) in [7, 11) is 2.10. The van der Waals surface area contributed by atoms with E-state index >= 15 is 0 Å². The Morgan fingerprint density at radius 2 is 2.06 bits per heavy atom. The molecule has 0 saturated carbocycles. The summed E-state index contributed by atoms with van der Waals surface area (Å²) in [6, 6.07) is 6.26. The van der Waals surface area contributed by atoms with Gasteiger partial charge < -0.3 is 5.73 Å². The van der Waals surface area contributed by atoms with Crippen LogP contribution in [-0.2, 0) is 0 Å². The van der Waals surface area contributed by atoms with Gasteiger partial charge in [-0.3, -0.25) is 4.90 Å². The summed E-state index contributed by atoms with van der Waals surface area (Å²) in [5, 5.41) is 0.735. The number of likely N-dealkylation sites (N-methyl/N-ethyl adjacent to an activating group) is 1. The molecule has 1 aromatic rings. The minimum Gasteiger partial charge on any atom is -0.329 e. The van der Waals surface area contributed by atoms with E-state index in [9.17, 15) is 0 Å². The van der Waals surface area contributed by atoms with E-state index in [2.05, 4.69) is 47.8 Å². The van der Waals surface area contributed by atoms with Crippen LogP contribution in [0.5, 0.6) is 0 Å². The maximum Gasteiger partial charge on any atom is 0.0551 e. The second-order valence-corrected chi connectivity index (χ2v) is 6.02. The highest BCUT2D eigenvalue weighted by Gasteiger charge is 2.17. The first kappa shape index (κ1) is 15.0. The van der Waals surface area contributed by atoms with Gasteiger partial charge in [0.2, 0.25) is 0 Å². The summed E-state index contributed by atoms with van der Waals surface area (Å²) >= 11 is 9.52. The Hall–Kier alpha value is -0.0900. The Balaban J connectivity index is 2.89. The van der Waals surface area contributed by atoms with Crippen LogP contribution in [0.4, 0.5) is 0 Å². The smallest absolute Gasteiger partial charge is 0.0551 e. The van der Waals surface area contributed by atoms with Gasteiger partial charge in [0.05, 0.1) is 5.02 Å². The molecule has 2 nitrogen and oxygen atoms in total. The van der Waals surface area contributed by atoms with Crippen molar-refractivity contribution in [3.8, 4) is 0 Å². The number of benzene rings is 1. The van der Waals surface area contributed by atoms with Gasteiger partial charge in [-0.2, -0.15) is 0 Å². The zero-order valence-electron chi connectivity index (χ0n) is 10.6. The highest BCUT2D eigenvalue weighted by atomic mass is 79.9. The molecule has 0 heterocycles. The molecule has 0 aliphatic rings. The van der Waals surface area contributed by atoms with Crippen LogP contribution in [0.25, 0.3) is 0 Å². The summed E-state index contributed by atoms with van der Waals surface area (Å²) in [6.07, 6.45) is 0. The predicted octanol–water partition coefficient (Wildman–Crippen LogP) is 3.69. The van der Waals surface area contributed by atoms with Gasteiger partial charge in [-0.05, 0) is 46.6 Å². The van der Waals surface area contributed by atoms with Gasteiger partial charge in [0.15, 0.2) is 0 Å². The number of hydrogen-bond acceptors (Lipinski definition) is 2. The van der Waals surface area contributed by atoms with E-state index < -0.39 is 0 Å². The Morgan fingerprint density at radius 1 is 1.41 bits per heavy atom. The molecule has 4 heteroatoms. The molecule has 96 valence electrons. The van der Waals surface area contributed by atoms with E-state index in [1.165, 1.54) is 5.56 Å². The summed E-state index contributed by atoms with van der Waals surface area (Å²) in [5.41, 5.74) is 7.04. The molecule has 0 fully saturated rings. The molecule has 0 radical (unpaired) electrons. The van der Waals surface area contributed by atoms with Crippen LogP contribution in [0, 0.1) is 5.92 Å². The molecule has 1 aromatic carbocycles. The largest absolute Gasteiger partial charge is 0.329 e. The van der Waals surface area contributed by atoms with Crippen molar-refractivity contribution in [3.63, 3.8) is 0 Å². The molecule has 0 bridgehead atoms. The van der Waals surface area contributed by atoms with Gasteiger partial charge in [-0.15, -0.1) is 0 Å². The van der Waals surface area contributed by atoms with Crippen LogP contribution in [0.1, 0.15) is 25.5 Å². The van der Waals surface area contributed by atoms with Crippen molar-refractivity contribution in [2.24, 2.45) is 11.7 Å². The summed E-state index contributed by atoms with van der Waals surface area (Å²) in [4.78, 5) is 2.28. The fourth-order valence-electron chi connectivity index (χ4n) is 1.99. The molecule has 17 heavy (non-hydrogen) atoms. The van der Waals surface area contributed by atoms with Crippen LogP contribution in [0.2, 0.25) is 5.02 Å². The summed E-state index contributed by atoms with van der Waals surface area (Å²) < 4.78 is 0.921. The lowest BCUT2D eigenvalue weighted by Gasteiger charge is -2.29. The SMILES string of the molecule is CC(C)CN(C)C(CN)c1ccc(Br)c(Cl)c1. The minimum atomic E-state index is 0.225. The van der Waals surface area contributed by atoms with Crippen LogP contribution in [-0.4, -0.2) is 25.0 Å². The van der Waals surface area contributed by atoms with E-state index in [-0.39, 0.29) is 6.04 Å². The maximum atomic E-state index is 6.12. The van der Waals surface area contributed by atoms with E-state index in [1.54, 1.807) is 0 Å². The van der Waals surface area contributed by atoms with Crippen LogP contribution in [0.15, 0.2) is 22.7 Å². The first-order valence-electron chi connectivity index (χ1n) is 5.81. The van der Waals surface area contributed by atoms with Crippen molar-refractivity contribution in [1.82, 2.24) is 4.90 Å². The Kier molecular flexibility index (Phi) is 5.93. The fraction of sp³-hybridized carbons (Fsp3) is 0.538. The molecule has 1 atom stereocenters. The van der Waals surface area contributed by atoms with Gasteiger partial charge in [0.25, 0.3) is 0 Å². The lowest BCUT2D eigenvalue weighted by Crippen LogP contribution is -2.33. The molecule has 0 aromatic heterocycles. The van der Waals surface area contributed by atoms with Gasteiger partial charge in [-0.1, -0.05) is 31.5 Å². The topological polar surface area (TPSA) is 29.3 Å². The van der Waals surface area contributed by atoms with Crippen molar-refractivity contribution >= 4 is 27.5 Å². The maximum absolute atomic E-state index is 6.12. The Bertz CT molecular complexity index is 368. The van der Waals surface area contributed by atoms with Crippen molar-refractivity contribution in [1.29, 1.82) is 0 Å². The van der Waals surface area contributed by atoms with E-state index in [0.29, 0.717) is 12.5 Å². The van der Waals surface area contributed by atoms with Gasteiger partial charge in [-0.25, -0.2) is 0 Å².